The summed E-state index contributed by atoms with van der Waals surface area (Å²) in [6.07, 6.45) is 0. The Kier molecular flexibility index (Phi) is 7.97. The molecule has 11 aromatic rings. The van der Waals surface area contributed by atoms with E-state index in [1.54, 1.807) is 0 Å². The van der Waals surface area contributed by atoms with E-state index < -0.39 is 5.41 Å². The van der Waals surface area contributed by atoms with E-state index >= 15 is 0 Å². The number of para-hydroxylation sites is 3. The van der Waals surface area contributed by atoms with Gasteiger partial charge in [-0.3, -0.25) is 4.90 Å². The van der Waals surface area contributed by atoms with Gasteiger partial charge in [-0.2, -0.15) is 9.97 Å². The number of aromatic nitrogens is 4. The van der Waals surface area contributed by atoms with Crippen LogP contribution in [0.4, 0.5) is 17.3 Å². The average molecular weight is 818 g/mol. The van der Waals surface area contributed by atoms with Gasteiger partial charge in [-0.25, -0.2) is 4.98 Å². The molecular weight excluding hydrogens is 779 g/mol. The molecule has 0 atom stereocenters. The predicted octanol–water partition coefficient (Wildman–Crippen LogP) is 14.4. The third kappa shape index (κ3) is 5.28. The molecule has 0 radical (unpaired) electrons. The third-order valence-corrected chi connectivity index (χ3v) is 13.3. The molecule has 2 aliphatic rings. The lowest BCUT2D eigenvalue weighted by Gasteiger charge is -2.44. The quantitative estimate of drug-likeness (QED) is 0.174. The molecule has 0 N–H and O–H groups in total. The van der Waals surface area contributed by atoms with Crippen LogP contribution in [0.5, 0.6) is 0 Å². The zero-order valence-corrected chi connectivity index (χ0v) is 35.0. The Hall–Kier alpha value is -8.41. The van der Waals surface area contributed by atoms with Gasteiger partial charge in [-0.1, -0.05) is 175 Å². The fourth-order valence-electron chi connectivity index (χ4n) is 10.5. The summed E-state index contributed by atoms with van der Waals surface area (Å²) in [7, 11) is 0. The molecule has 0 amide bonds. The van der Waals surface area contributed by atoms with E-state index in [1.165, 1.54) is 71.9 Å². The summed E-state index contributed by atoms with van der Waals surface area (Å²) in [5.74, 6) is 1.82. The molecule has 0 saturated carbocycles. The maximum Gasteiger partial charge on any atom is 0.238 e. The Balaban J connectivity index is 1.04. The van der Waals surface area contributed by atoms with E-state index in [2.05, 4.69) is 198 Å². The fourth-order valence-corrected chi connectivity index (χ4v) is 10.5. The Bertz CT molecular complexity index is 3520. The van der Waals surface area contributed by atoms with Crippen molar-refractivity contribution in [2.45, 2.75) is 12.3 Å². The molecular formula is C59H39N5. The number of fused-ring (bicyclic) bond motifs is 12. The highest BCUT2D eigenvalue weighted by Crippen LogP contribution is 2.63. The second kappa shape index (κ2) is 14.1. The highest BCUT2D eigenvalue weighted by atomic mass is 15.3. The summed E-state index contributed by atoms with van der Waals surface area (Å²) in [5.41, 5.74) is 17.8. The van der Waals surface area contributed by atoms with E-state index in [4.69, 9.17) is 15.0 Å². The highest BCUT2D eigenvalue weighted by Gasteiger charge is 2.52. The maximum atomic E-state index is 5.28. The molecule has 0 bridgehead atoms. The first-order valence-corrected chi connectivity index (χ1v) is 21.9. The normalized spacial score (nSPS) is 13.2. The van der Waals surface area contributed by atoms with Crippen LogP contribution >= 0.6 is 0 Å². The van der Waals surface area contributed by atoms with E-state index in [9.17, 15) is 0 Å². The Morgan fingerprint density at radius 2 is 0.906 bits per heavy atom. The van der Waals surface area contributed by atoms with Crippen LogP contribution in [0, 0.1) is 6.92 Å². The number of hydrogen-bond acceptors (Lipinski definition) is 4. The van der Waals surface area contributed by atoms with Crippen molar-refractivity contribution in [3.8, 4) is 50.7 Å². The molecule has 300 valence electrons. The topological polar surface area (TPSA) is 46.8 Å². The molecule has 1 spiro atoms. The van der Waals surface area contributed by atoms with Gasteiger partial charge < -0.3 is 4.57 Å². The van der Waals surface area contributed by atoms with Crippen molar-refractivity contribution in [1.82, 2.24) is 19.5 Å². The highest BCUT2D eigenvalue weighted by molar-refractivity contribution is 6.10. The summed E-state index contributed by atoms with van der Waals surface area (Å²) in [6, 6.07) is 78.7. The van der Waals surface area contributed by atoms with E-state index in [-0.39, 0.29) is 0 Å². The minimum Gasteiger partial charge on any atom is -0.309 e. The van der Waals surface area contributed by atoms with Gasteiger partial charge in [-0.15, -0.1) is 0 Å². The number of rotatable bonds is 5. The third-order valence-electron chi connectivity index (χ3n) is 13.3. The van der Waals surface area contributed by atoms with Gasteiger partial charge >= 0.3 is 0 Å². The van der Waals surface area contributed by atoms with Crippen molar-refractivity contribution in [2.24, 2.45) is 0 Å². The van der Waals surface area contributed by atoms with Crippen LogP contribution in [0.2, 0.25) is 0 Å². The van der Waals surface area contributed by atoms with Gasteiger partial charge in [0.25, 0.3) is 0 Å². The van der Waals surface area contributed by atoms with Crippen molar-refractivity contribution in [2.75, 3.05) is 4.90 Å². The summed E-state index contributed by atoms with van der Waals surface area (Å²) < 4.78 is 2.39. The van der Waals surface area contributed by atoms with Gasteiger partial charge in [0.1, 0.15) is 0 Å². The molecule has 5 heteroatoms. The van der Waals surface area contributed by atoms with Crippen LogP contribution in [0.15, 0.2) is 218 Å². The van der Waals surface area contributed by atoms with Crippen LogP contribution in [0.3, 0.4) is 0 Å². The van der Waals surface area contributed by atoms with Crippen LogP contribution in [-0.2, 0) is 5.41 Å². The molecule has 3 heterocycles. The van der Waals surface area contributed by atoms with Crippen LogP contribution in [-0.4, -0.2) is 19.5 Å². The van der Waals surface area contributed by atoms with Crippen LogP contribution in [0.1, 0.15) is 27.8 Å². The van der Waals surface area contributed by atoms with Gasteiger partial charge in [0.2, 0.25) is 5.95 Å². The SMILES string of the molecule is Cc1ccc(-n2c3ccccc3c3cc(-c4ccc5c(c4)C4(c6ccccc6-5)c5ccccc5N(c5nc(-c6ccccc6)nc(-c6ccccc6)n5)c5ccccc54)ccc32)cc1. The van der Waals surface area contributed by atoms with Gasteiger partial charge in [0.05, 0.1) is 27.8 Å². The summed E-state index contributed by atoms with van der Waals surface area (Å²) >= 11 is 0. The molecule has 1 aliphatic heterocycles. The van der Waals surface area contributed by atoms with Gasteiger partial charge in [0.15, 0.2) is 11.6 Å². The van der Waals surface area contributed by atoms with Gasteiger partial charge in [-0.05, 0) is 100.0 Å². The lowest BCUT2D eigenvalue weighted by Crippen LogP contribution is -2.36. The first kappa shape index (κ1) is 36.3. The number of nitrogens with zero attached hydrogens (tertiary/aromatic N) is 5. The molecule has 2 aromatic heterocycles. The molecule has 0 fully saturated rings. The smallest absolute Gasteiger partial charge is 0.238 e. The van der Waals surface area contributed by atoms with E-state index in [1.807, 2.05) is 36.4 Å². The summed E-state index contributed by atoms with van der Waals surface area (Å²) in [5, 5.41) is 2.47. The van der Waals surface area contributed by atoms with Crippen LogP contribution < -0.4 is 4.90 Å². The number of benzene rings is 9. The van der Waals surface area contributed by atoms with Gasteiger partial charge in [0, 0.05) is 27.6 Å². The minimum atomic E-state index is -0.630. The minimum absolute atomic E-state index is 0.570. The second-order valence-electron chi connectivity index (χ2n) is 16.9. The lowest BCUT2D eigenvalue weighted by molar-refractivity contribution is 0.749. The van der Waals surface area contributed by atoms with Crippen molar-refractivity contribution >= 4 is 39.1 Å². The Morgan fingerprint density at radius 1 is 0.375 bits per heavy atom. The first-order valence-electron chi connectivity index (χ1n) is 21.9. The Morgan fingerprint density at radius 3 is 1.59 bits per heavy atom. The number of aryl methyl sites for hydroxylation is 1. The molecule has 0 saturated heterocycles. The number of hydrogen-bond donors (Lipinski definition) is 0. The molecule has 9 aromatic carbocycles. The second-order valence-corrected chi connectivity index (χ2v) is 16.9. The molecule has 1 aliphatic carbocycles. The number of anilines is 3. The fraction of sp³-hybridized carbons (Fsp3) is 0.0339. The van der Waals surface area contributed by atoms with E-state index in [0.29, 0.717) is 17.6 Å². The lowest BCUT2D eigenvalue weighted by atomic mass is 9.64. The first-order chi connectivity index (χ1) is 31.6. The predicted molar refractivity (Wildman–Crippen MR) is 261 cm³/mol. The monoisotopic (exact) mass is 817 g/mol. The zero-order valence-electron chi connectivity index (χ0n) is 35.0. The molecule has 5 nitrogen and oxygen atoms in total. The summed E-state index contributed by atoms with van der Waals surface area (Å²) in [4.78, 5) is 17.9. The van der Waals surface area contributed by atoms with Crippen molar-refractivity contribution in [1.29, 1.82) is 0 Å². The summed E-state index contributed by atoms with van der Waals surface area (Å²) in [6.45, 7) is 2.14. The molecule has 64 heavy (non-hydrogen) atoms. The Labute approximate surface area is 371 Å². The molecule has 0 unspecified atom stereocenters. The van der Waals surface area contributed by atoms with Crippen molar-refractivity contribution in [3.05, 3.63) is 246 Å². The largest absolute Gasteiger partial charge is 0.309 e. The standard InChI is InChI=1S/C59H39N5/c1-38-28-32-43(33-29-38)63-52-25-13-9-21-46(52)47-36-41(31-35-53(47)63)42-30-34-45-44-20-8-10-22-48(44)59(51(45)37-42)49-23-11-14-26-54(49)64(55-27-15-12-24-50(55)59)58-61-56(39-16-4-2-5-17-39)60-57(62-58)40-18-6-3-7-19-40/h2-37H,1H3. The van der Waals surface area contributed by atoms with Crippen molar-refractivity contribution < 1.29 is 0 Å². The van der Waals surface area contributed by atoms with E-state index in [0.717, 1.165) is 28.2 Å². The van der Waals surface area contributed by atoms with Crippen molar-refractivity contribution in [3.63, 3.8) is 0 Å². The maximum absolute atomic E-state index is 5.28. The zero-order chi connectivity index (χ0) is 42.4. The average Bonchev–Trinajstić information content (AvgIpc) is 3.85. The molecule has 13 rings (SSSR count). The van der Waals surface area contributed by atoms with Crippen LogP contribution in [0.25, 0.3) is 72.5 Å².